The summed E-state index contributed by atoms with van der Waals surface area (Å²) in [4.78, 5) is 22.3. The van der Waals surface area contributed by atoms with Crippen LogP contribution in [0.4, 0.5) is 4.79 Å². The lowest BCUT2D eigenvalue weighted by Crippen LogP contribution is -2.34. The van der Waals surface area contributed by atoms with Gasteiger partial charge in [-0.25, -0.2) is 9.59 Å². The largest absolute Gasteiger partial charge is 0.504 e. The number of alkyl carbamates (subject to hydrolysis) is 1. The van der Waals surface area contributed by atoms with Gasteiger partial charge < -0.3 is 35.2 Å². The molecule has 1 amide bonds. The maximum atomic E-state index is 11.6. The zero-order valence-corrected chi connectivity index (χ0v) is 16.3. The van der Waals surface area contributed by atoms with Gasteiger partial charge in [-0.1, -0.05) is 0 Å². The highest BCUT2D eigenvalue weighted by molar-refractivity contribution is 5.85. The number of carboxylic acid groups (broad SMARTS) is 1. The molecule has 0 aromatic heterocycles. The predicted molar refractivity (Wildman–Crippen MR) is 101 cm³/mol. The summed E-state index contributed by atoms with van der Waals surface area (Å²) in [6, 6.07) is 2.73. The molecule has 0 aliphatic rings. The number of phenols is 1. The normalized spacial score (nSPS) is 13.8. The number of hydrogen-bond acceptors (Lipinski definition) is 7. The van der Waals surface area contributed by atoms with Gasteiger partial charge in [-0.3, -0.25) is 0 Å². The van der Waals surface area contributed by atoms with Crippen molar-refractivity contribution in [3.8, 4) is 11.5 Å². The van der Waals surface area contributed by atoms with E-state index in [1.165, 1.54) is 25.3 Å². The Kier molecular flexibility index (Phi) is 8.27. The fourth-order valence-electron chi connectivity index (χ4n) is 2.30. The van der Waals surface area contributed by atoms with Crippen molar-refractivity contribution in [1.29, 1.82) is 0 Å². The van der Waals surface area contributed by atoms with Crippen LogP contribution in [0.3, 0.4) is 0 Å². The van der Waals surface area contributed by atoms with Crippen LogP contribution in [0, 0.1) is 0 Å². The first-order valence-corrected chi connectivity index (χ1v) is 8.59. The minimum atomic E-state index is -1.49. The lowest BCUT2D eigenvalue weighted by Gasteiger charge is -2.22. The van der Waals surface area contributed by atoms with Crippen LogP contribution in [0.25, 0.3) is 6.08 Å². The van der Waals surface area contributed by atoms with E-state index in [0.29, 0.717) is 5.56 Å². The Morgan fingerprint density at radius 1 is 1.25 bits per heavy atom. The number of aliphatic carboxylic acids is 1. The molecule has 0 aliphatic heterocycles. The topological polar surface area (TPSA) is 146 Å². The maximum Gasteiger partial charge on any atom is 0.407 e. The van der Waals surface area contributed by atoms with Gasteiger partial charge in [-0.2, -0.15) is 0 Å². The van der Waals surface area contributed by atoms with E-state index in [1.54, 1.807) is 20.8 Å². The standard InChI is InChI=1S/C19H27NO8/c1-19(2,3)28-18(26)20-8-7-13(21)16(24)12-9-11(5-6-15(22)23)10-14(27-4)17(12)25/h5-6,9-10,13,16,21,24-25H,7-8H2,1-4H3,(H,20,26)(H,22,23). The van der Waals surface area contributed by atoms with E-state index in [2.05, 4.69) is 5.32 Å². The monoisotopic (exact) mass is 397 g/mol. The Labute approximate surface area is 163 Å². The third-order valence-corrected chi connectivity index (χ3v) is 3.56. The maximum absolute atomic E-state index is 11.6. The van der Waals surface area contributed by atoms with Gasteiger partial charge in [0.25, 0.3) is 0 Å². The first kappa shape index (κ1) is 23.3. The van der Waals surface area contributed by atoms with Crippen molar-refractivity contribution in [1.82, 2.24) is 5.32 Å². The molecule has 0 radical (unpaired) electrons. The van der Waals surface area contributed by atoms with Crippen molar-refractivity contribution in [2.24, 2.45) is 0 Å². The van der Waals surface area contributed by atoms with Gasteiger partial charge in [0.1, 0.15) is 11.7 Å². The fourth-order valence-corrected chi connectivity index (χ4v) is 2.30. The lowest BCUT2D eigenvalue weighted by molar-refractivity contribution is -0.131. The van der Waals surface area contributed by atoms with E-state index in [0.717, 1.165) is 6.08 Å². The summed E-state index contributed by atoms with van der Waals surface area (Å²) < 4.78 is 10.1. The average Bonchev–Trinajstić information content (AvgIpc) is 2.58. The van der Waals surface area contributed by atoms with Crippen molar-refractivity contribution in [2.45, 2.75) is 45.0 Å². The van der Waals surface area contributed by atoms with Crippen LogP contribution in [-0.2, 0) is 9.53 Å². The van der Waals surface area contributed by atoms with E-state index in [9.17, 15) is 24.9 Å². The van der Waals surface area contributed by atoms with Gasteiger partial charge in [0.15, 0.2) is 11.5 Å². The minimum absolute atomic E-state index is 0.0145. The zero-order valence-electron chi connectivity index (χ0n) is 16.3. The predicted octanol–water partition coefficient (Wildman–Crippen LogP) is 1.81. The number of aliphatic hydroxyl groups excluding tert-OH is 2. The van der Waals surface area contributed by atoms with Crippen LogP contribution in [0.15, 0.2) is 18.2 Å². The molecule has 5 N–H and O–H groups in total. The molecule has 28 heavy (non-hydrogen) atoms. The number of carbonyl (C=O) groups excluding carboxylic acids is 1. The fraction of sp³-hybridized carbons (Fsp3) is 0.474. The zero-order chi connectivity index (χ0) is 21.5. The van der Waals surface area contributed by atoms with Crippen LogP contribution < -0.4 is 10.1 Å². The number of phenolic OH excluding ortho intramolecular Hbond substituents is 1. The quantitative estimate of drug-likeness (QED) is 0.418. The Hall–Kier alpha value is -2.78. The summed E-state index contributed by atoms with van der Waals surface area (Å²) in [6.07, 6.45) is -1.33. The van der Waals surface area contributed by atoms with Crippen molar-refractivity contribution in [2.75, 3.05) is 13.7 Å². The molecule has 0 bridgehead atoms. The summed E-state index contributed by atoms with van der Waals surface area (Å²) in [5, 5.41) is 42.0. The highest BCUT2D eigenvalue weighted by atomic mass is 16.6. The van der Waals surface area contributed by atoms with Gasteiger partial charge in [-0.15, -0.1) is 0 Å². The number of benzene rings is 1. The summed E-state index contributed by atoms with van der Waals surface area (Å²) in [6.45, 7) is 5.18. The second kappa shape index (κ2) is 9.95. The number of hydrogen-bond donors (Lipinski definition) is 5. The van der Waals surface area contributed by atoms with Gasteiger partial charge >= 0.3 is 12.1 Å². The van der Waals surface area contributed by atoms with E-state index < -0.39 is 29.9 Å². The number of ether oxygens (including phenoxy) is 2. The number of carboxylic acids is 1. The average molecular weight is 397 g/mol. The third-order valence-electron chi connectivity index (χ3n) is 3.56. The molecule has 156 valence electrons. The Bertz CT molecular complexity index is 723. The summed E-state index contributed by atoms with van der Waals surface area (Å²) in [5.41, 5.74) is -0.339. The number of rotatable bonds is 8. The molecule has 0 heterocycles. The molecule has 2 atom stereocenters. The van der Waals surface area contributed by atoms with Gasteiger partial charge in [0, 0.05) is 18.2 Å². The number of nitrogens with one attached hydrogen (secondary N) is 1. The third kappa shape index (κ3) is 7.45. The molecule has 1 rings (SSSR count). The van der Waals surface area contributed by atoms with Crippen LogP contribution in [0.1, 0.15) is 44.4 Å². The second-order valence-corrected chi connectivity index (χ2v) is 7.06. The van der Waals surface area contributed by atoms with Gasteiger partial charge in [0.05, 0.1) is 13.2 Å². The highest BCUT2D eigenvalue weighted by Gasteiger charge is 2.24. The van der Waals surface area contributed by atoms with Gasteiger partial charge in [0.2, 0.25) is 0 Å². The smallest absolute Gasteiger partial charge is 0.407 e. The molecule has 1 aromatic rings. The van der Waals surface area contributed by atoms with Crippen molar-refractivity contribution >= 4 is 18.1 Å². The molecule has 0 fully saturated rings. The van der Waals surface area contributed by atoms with Crippen LogP contribution >= 0.6 is 0 Å². The number of amides is 1. The molecule has 2 unspecified atom stereocenters. The Balaban J connectivity index is 2.86. The lowest BCUT2D eigenvalue weighted by atomic mass is 9.98. The minimum Gasteiger partial charge on any atom is -0.504 e. The number of aromatic hydroxyl groups is 1. The van der Waals surface area contributed by atoms with Crippen molar-refractivity contribution < 1.29 is 39.5 Å². The number of aliphatic hydroxyl groups is 2. The van der Waals surface area contributed by atoms with Crippen LogP contribution in [-0.4, -0.2) is 57.8 Å². The number of methoxy groups -OCH3 is 1. The molecule has 9 nitrogen and oxygen atoms in total. The van der Waals surface area contributed by atoms with Crippen LogP contribution in [0.2, 0.25) is 0 Å². The van der Waals surface area contributed by atoms with E-state index in [-0.39, 0.29) is 30.0 Å². The molecule has 0 saturated carbocycles. The van der Waals surface area contributed by atoms with E-state index in [4.69, 9.17) is 14.6 Å². The molecule has 0 spiro atoms. The SMILES string of the molecule is COc1cc(C=CC(=O)O)cc(C(O)C(O)CCNC(=O)OC(C)(C)C)c1O. The molecular formula is C19H27NO8. The molecule has 9 heteroatoms. The Morgan fingerprint density at radius 3 is 2.43 bits per heavy atom. The molecular weight excluding hydrogens is 370 g/mol. The molecule has 0 saturated heterocycles. The van der Waals surface area contributed by atoms with E-state index >= 15 is 0 Å². The summed E-state index contributed by atoms with van der Waals surface area (Å²) in [7, 11) is 1.30. The van der Waals surface area contributed by atoms with E-state index in [1.807, 2.05) is 0 Å². The number of carbonyl (C=O) groups is 2. The summed E-state index contributed by atoms with van der Waals surface area (Å²) >= 11 is 0. The molecule has 1 aromatic carbocycles. The summed E-state index contributed by atoms with van der Waals surface area (Å²) in [5.74, 6) is -1.52. The van der Waals surface area contributed by atoms with Crippen LogP contribution in [0.5, 0.6) is 11.5 Å². The Morgan fingerprint density at radius 2 is 1.89 bits per heavy atom. The van der Waals surface area contributed by atoms with Crippen molar-refractivity contribution in [3.05, 3.63) is 29.3 Å². The first-order chi connectivity index (χ1) is 12.9. The second-order valence-electron chi connectivity index (χ2n) is 7.06. The van der Waals surface area contributed by atoms with Gasteiger partial charge in [-0.05, 0) is 51.0 Å². The van der Waals surface area contributed by atoms with Crippen molar-refractivity contribution in [3.63, 3.8) is 0 Å². The molecule has 0 aliphatic carbocycles. The first-order valence-electron chi connectivity index (χ1n) is 8.59. The highest BCUT2D eigenvalue weighted by Crippen LogP contribution is 2.37.